The third kappa shape index (κ3) is 11.6. The van der Waals surface area contributed by atoms with Gasteiger partial charge in [-0.1, -0.05) is 53.4 Å². The third-order valence-corrected chi connectivity index (χ3v) is 7.11. The van der Waals surface area contributed by atoms with Crippen LogP contribution in [-0.2, 0) is 13.3 Å². The van der Waals surface area contributed by atoms with Gasteiger partial charge in [0, 0.05) is 25.4 Å². The van der Waals surface area contributed by atoms with Gasteiger partial charge < -0.3 is 19.0 Å². The molecule has 24 heavy (non-hydrogen) atoms. The van der Waals surface area contributed by atoms with E-state index in [0.717, 1.165) is 90.0 Å². The van der Waals surface area contributed by atoms with Crippen LogP contribution < -0.4 is 5.73 Å². The Bertz CT molecular complexity index is 257. The first-order chi connectivity index (χ1) is 11.7. The summed E-state index contributed by atoms with van der Waals surface area (Å²) in [7, 11) is -2.58. The molecule has 0 bridgehead atoms. The maximum Gasteiger partial charge on any atom is 0.501 e. The fourth-order valence-corrected chi connectivity index (χ4v) is 5.70. The van der Waals surface area contributed by atoms with Crippen LogP contribution in [0.15, 0.2) is 0 Å². The lowest BCUT2D eigenvalue weighted by atomic mass is 10.1. The van der Waals surface area contributed by atoms with E-state index in [1.165, 1.54) is 0 Å². The molecular formula is C19H43NO3Si. The van der Waals surface area contributed by atoms with E-state index < -0.39 is 8.80 Å². The molecular weight excluding hydrogens is 318 g/mol. The first-order valence-corrected chi connectivity index (χ1v) is 12.3. The molecule has 0 aromatic carbocycles. The molecule has 0 spiro atoms. The molecule has 0 rings (SSSR count). The second kappa shape index (κ2) is 16.5. The normalized spacial score (nSPS) is 13.4. The molecule has 0 aliphatic heterocycles. The number of nitrogens with two attached hydrogens (primary N) is 1. The molecule has 5 heteroatoms. The molecule has 0 amide bonds. The molecule has 1 unspecified atom stereocenters. The lowest BCUT2D eigenvalue weighted by Crippen LogP contribution is -2.49. The average molecular weight is 362 g/mol. The van der Waals surface area contributed by atoms with Gasteiger partial charge in [0.15, 0.2) is 0 Å². The van der Waals surface area contributed by atoms with Crippen LogP contribution in [0.3, 0.4) is 0 Å². The molecule has 0 heterocycles. The van der Waals surface area contributed by atoms with Gasteiger partial charge in [-0.05, 0) is 45.1 Å². The van der Waals surface area contributed by atoms with Crippen molar-refractivity contribution in [1.29, 1.82) is 0 Å². The van der Waals surface area contributed by atoms with Gasteiger partial charge in [-0.25, -0.2) is 0 Å². The first-order valence-electron chi connectivity index (χ1n) is 10.3. The highest BCUT2D eigenvalue weighted by Crippen LogP contribution is 2.25. The third-order valence-electron chi connectivity index (χ3n) is 4.16. The van der Waals surface area contributed by atoms with Crippen molar-refractivity contribution in [2.45, 2.75) is 104 Å². The highest BCUT2D eigenvalue weighted by molar-refractivity contribution is 6.60. The van der Waals surface area contributed by atoms with Crippen LogP contribution in [0.25, 0.3) is 0 Å². The van der Waals surface area contributed by atoms with E-state index in [0.29, 0.717) is 0 Å². The molecule has 0 saturated heterocycles. The van der Waals surface area contributed by atoms with Gasteiger partial charge in [-0.2, -0.15) is 0 Å². The summed E-state index contributed by atoms with van der Waals surface area (Å²) in [5.74, 6) is 0. The zero-order chi connectivity index (χ0) is 18.1. The van der Waals surface area contributed by atoms with Crippen LogP contribution in [0.5, 0.6) is 0 Å². The van der Waals surface area contributed by atoms with Gasteiger partial charge in [-0.15, -0.1) is 0 Å². The van der Waals surface area contributed by atoms with Crippen molar-refractivity contribution >= 4 is 8.80 Å². The Morgan fingerprint density at radius 3 is 1.79 bits per heavy atom. The molecule has 0 radical (unpaired) electrons. The zero-order valence-electron chi connectivity index (χ0n) is 16.8. The van der Waals surface area contributed by atoms with E-state index >= 15 is 0 Å². The smallest absolute Gasteiger partial charge is 0.373 e. The second-order valence-corrected chi connectivity index (χ2v) is 9.33. The number of rotatable bonds is 18. The minimum atomic E-state index is -2.58. The van der Waals surface area contributed by atoms with Crippen molar-refractivity contribution in [1.82, 2.24) is 0 Å². The largest absolute Gasteiger partial charge is 0.501 e. The highest BCUT2D eigenvalue weighted by Gasteiger charge is 2.42. The molecule has 0 aliphatic carbocycles. The summed E-state index contributed by atoms with van der Waals surface area (Å²) in [6.07, 6.45) is 11.1. The summed E-state index contributed by atoms with van der Waals surface area (Å²) < 4.78 is 19.3. The Balaban J connectivity index is 4.98. The standard InChI is InChI=1S/C19H43NO3Si/c1-5-9-16-21-24(18-11-7-3,22-17-10-6-2)23-19(13-8-4)14-12-15-20/h19H,5-18,20H2,1-4H3. The van der Waals surface area contributed by atoms with Gasteiger partial charge >= 0.3 is 8.80 Å². The topological polar surface area (TPSA) is 53.7 Å². The first kappa shape index (κ1) is 24.1. The summed E-state index contributed by atoms with van der Waals surface area (Å²) in [6.45, 7) is 11.1. The fourth-order valence-electron chi connectivity index (χ4n) is 2.63. The van der Waals surface area contributed by atoms with Crippen molar-refractivity contribution in [3.63, 3.8) is 0 Å². The Morgan fingerprint density at radius 2 is 1.33 bits per heavy atom. The van der Waals surface area contributed by atoms with E-state index in [-0.39, 0.29) is 6.10 Å². The van der Waals surface area contributed by atoms with Crippen LogP contribution in [-0.4, -0.2) is 34.7 Å². The van der Waals surface area contributed by atoms with E-state index in [9.17, 15) is 0 Å². The van der Waals surface area contributed by atoms with Crippen LogP contribution >= 0.6 is 0 Å². The monoisotopic (exact) mass is 361 g/mol. The lowest BCUT2D eigenvalue weighted by molar-refractivity contribution is 0.0182. The van der Waals surface area contributed by atoms with Crippen molar-refractivity contribution in [3.05, 3.63) is 0 Å². The Kier molecular flexibility index (Phi) is 16.6. The minimum Gasteiger partial charge on any atom is -0.373 e. The lowest BCUT2D eigenvalue weighted by Gasteiger charge is -2.34. The Labute approximate surface area is 152 Å². The number of unbranched alkanes of at least 4 members (excludes halogenated alkanes) is 3. The van der Waals surface area contributed by atoms with Crippen molar-refractivity contribution < 1.29 is 13.3 Å². The maximum absolute atomic E-state index is 6.61. The van der Waals surface area contributed by atoms with Gasteiger partial charge in [0.1, 0.15) is 0 Å². The minimum absolute atomic E-state index is 0.227. The van der Waals surface area contributed by atoms with Crippen molar-refractivity contribution in [2.24, 2.45) is 5.73 Å². The summed E-state index contributed by atoms with van der Waals surface area (Å²) in [4.78, 5) is 0. The van der Waals surface area contributed by atoms with Crippen LogP contribution in [0.2, 0.25) is 6.04 Å². The molecule has 1 atom stereocenters. The zero-order valence-corrected chi connectivity index (χ0v) is 17.8. The maximum atomic E-state index is 6.61. The second-order valence-electron chi connectivity index (χ2n) is 6.65. The van der Waals surface area contributed by atoms with Crippen molar-refractivity contribution in [2.75, 3.05) is 19.8 Å². The molecule has 4 nitrogen and oxygen atoms in total. The van der Waals surface area contributed by atoms with Gasteiger partial charge in [0.2, 0.25) is 0 Å². The number of hydrogen-bond donors (Lipinski definition) is 1. The average Bonchev–Trinajstić information content (AvgIpc) is 2.58. The molecule has 0 aliphatic rings. The SMILES string of the molecule is CCCCO[Si](CCCC)(OCCCC)OC(CCC)CCCN. The summed E-state index contributed by atoms with van der Waals surface area (Å²) >= 11 is 0. The number of hydrogen-bond acceptors (Lipinski definition) is 4. The Morgan fingerprint density at radius 1 is 0.750 bits per heavy atom. The predicted molar refractivity (Wildman–Crippen MR) is 105 cm³/mol. The van der Waals surface area contributed by atoms with Crippen LogP contribution in [0.4, 0.5) is 0 Å². The molecule has 0 aromatic heterocycles. The molecule has 2 N–H and O–H groups in total. The van der Waals surface area contributed by atoms with Gasteiger partial charge in [0.25, 0.3) is 0 Å². The Hall–Kier alpha value is 0.0569. The molecule has 146 valence electrons. The highest BCUT2D eigenvalue weighted by atomic mass is 28.4. The van der Waals surface area contributed by atoms with Crippen LogP contribution in [0.1, 0.15) is 91.9 Å². The van der Waals surface area contributed by atoms with E-state index in [1.54, 1.807) is 0 Å². The molecule has 0 fully saturated rings. The fraction of sp³-hybridized carbons (Fsp3) is 1.00. The van der Waals surface area contributed by atoms with E-state index in [1.807, 2.05) is 0 Å². The van der Waals surface area contributed by atoms with Crippen molar-refractivity contribution in [3.8, 4) is 0 Å². The summed E-state index contributed by atoms with van der Waals surface area (Å²) in [6, 6.07) is 0.944. The molecule has 0 saturated carbocycles. The van der Waals surface area contributed by atoms with Crippen LogP contribution in [0, 0.1) is 0 Å². The summed E-state index contributed by atoms with van der Waals surface area (Å²) in [5, 5.41) is 0. The van der Waals surface area contributed by atoms with E-state index in [2.05, 4.69) is 27.7 Å². The van der Waals surface area contributed by atoms with Gasteiger partial charge in [-0.3, -0.25) is 0 Å². The molecule has 0 aromatic rings. The summed E-state index contributed by atoms with van der Waals surface area (Å²) in [5.41, 5.74) is 5.71. The predicted octanol–water partition coefficient (Wildman–Crippen LogP) is 5.28. The quantitative estimate of drug-likeness (QED) is 0.266. The van der Waals surface area contributed by atoms with E-state index in [4.69, 9.17) is 19.0 Å². The van der Waals surface area contributed by atoms with Gasteiger partial charge in [0.05, 0.1) is 0 Å².